The van der Waals surface area contributed by atoms with Crippen molar-refractivity contribution in [3.05, 3.63) is 58.7 Å². The van der Waals surface area contributed by atoms with E-state index in [1.54, 1.807) is 19.2 Å². The van der Waals surface area contributed by atoms with Gasteiger partial charge in [-0.1, -0.05) is 30.7 Å². The molecule has 0 N–H and O–H groups in total. The van der Waals surface area contributed by atoms with E-state index in [-0.39, 0.29) is 11.9 Å². The van der Waals surface area contributed by atoms with E-state index in [4.69, 9.17) is 14.6 Å². The Balaban J connectivity index is 1.63. The molecule has 2 aliphatic rings. The third-order valence-corrected chi connectivity index (χ3v) is 6.94. The molecule has 4 rings (SSSR count). The van der Waals surface area contributed by atoms with Crippen LogP contribution in [0.25, 0.3) is 0 Å². The fourth-order valence-electron chi connectivity index (χ4n) is 4.91. The van der Waals surface area contributed by atoms with E-state index in [0.29, 0.717) is 18.7 Å². The lowest BCUT2D eigenvalue weighted by Crippen LogP contribution is -2.49. The van der Waals surface area contributed by atoms with Gasteiger partial charge in [-0.05, 0) is 43.7 Å². The van der Waals surface area contributed by atoms with Crippen LogP contribution in [0.1, 0.15) is 41.6 Å². The quantitative estimate of drug-likeness (QED) is 0.626. The van der Waals surface area contributed by atoms with E-state index < -0.39 is 0 Å². The van der Waals surface area contributed by atoms with Gasteiger partial charge in [-0.15, -0.1) is 0 Å². The van der Waals surface area contributed by atoms with Crippen molar-refractivity contribution in [3.8, 4) is 11.5 Å². The Labute approximate surface area is 202 Å². The van der Waals surface area contributed by atoms with Crippen molar-refractivity contribution < 1.29 is 14.3 Å². The molecule has 2 aliphatic heterocycles. The smallest absolute Gasteiger partial charge is 0.257 e. The number of carbonyl (C=O) groups excluding carboxylic acids is 1. The number of amides is 1. The number of benzene rings is 2. The van der Waals surface area contributed by atoms with Gasteiger partial charge in [0.1, 0.15) is 11.5 Å². The summed E-state index contributed by atoms with van der Waals surface area (Å²) in [5, 5.41) is 6.59. The molecule has 1 amide bonds. The summed E-state index contributed by atoms with van der Waals surface area (Å²) in [6.45, 7) is 11.6. The first-order chi connectivity index (χ1) is 16.4. The standard InChI is InChI=1S/C27H36N4O3/c1-6-29-11-13-30(14-12-29)18-27(32)31-25(22-9-7-19(2)15-20(22)3)17-24(28-31)23-10-8-21(33-4)16-26(23)34-5/h7-10,15-16,25H,6,11-14,17-18H2,1-5H3/t25-/m1/s1. The summed E-state index contributed by atoms with van der Waals surface area (Å²) in [4.78, 5) is 18.2. The monoisotopic (exact) mass is 464 g/mol. The number of ether oxygens (including phenoxy) is 2. The topological polar surface area (TPSA) is 57.6 Å². The average Bonchev–Trinajstić information content (AvgIpc) is 3.29. The normalized spacial score (nSPS) is 19.3. The molecule has 1 saturated heterocycles. The van der Waals surface area contributed by atoms with Crippen molar-refractivity contribution in [2.75, 3.05) is 53.5 Å². The number of likely N-dealkylation sites (N-methyl/N-ethyl adjacent to an activating group) is 1. The number of hydrogen-bond donors (Lipinski definition) is 0. The minimum Gasteiger partial charge on any atom is -0.497 e. The van der Waals surface area contributed by atoms with Gasteiger partial charge in [0.15, 0.2) is 0 Å². The van der Waals surface area contributed by atoms with Crippen LogP contribution < -0.4 is 9.47 Å². The Morgan fingerprint density at radius 1 is 1.00 bits per heavy atom. The zero-order valence-corrected chi connectivity index (χ0v) is 21.0. The van der Waals surface area contributed by atoms with E-state index in [1.165, 1.54) is 11.1 Å². The van der Waals surface area contributed by atoms with E-state index >= 15 is 0 Å². The van der Waals surface area contributed by atoms with Crippen molar-refractivity contribution in [3.63, 3.8) is 0 Å². The summed E-state index contributed by atoms with van der Waals surface area (Å²) < 4.78 is 11.0. The average molecular weight is 465 g/mol. The molecule has 1 fully saturated rings. The molecule has 0 saturated carbocycles. The summed E-state index contributed by atoms with van der Waals surface area (Å²) in [6.07, 6.45) is 0.641. The van der Waals surface area contributed by atoms with Gasteiger partial charge in [0.25, 0.3) is 5.91 Å². The summed E-state index contributed by atoms with van der Waals surface area (Å²) in [5.74, 6) is 1.46. The summed E-state index contributed by atoms with van der Waals surface area (Å²) in [7, 11) is 3.28. The molecule has 7 heteroatoms. The highest BCUT2D eigenvalue weighted by atomic mass is 16.5. The van der Waals surface area contributed by atoms with Crippen LogP contribution in [0.2, 0.25) is 0 Å². The second kappa shape index (κ2) is 10.6. The van der Waals surface area contributed by atoms with Gasteiger partial charge in [-0.2, -0.15) is 5.10 Å². The van der Waals surface area contributed by atoms with Crippen molar-refractivity contribution in [1.82, 2.24) is 14.8 Å². The molecule has 0 aliphatic carbocycles. The van der Waals surface area contributed by atoms with Gasteiger partial charge in [0.2, 0.25) is 0 Å². The number of methoxy groups -OCH3 is 2. The van der Waals surface area contributed by atoms with Crippen LogP contribution in [0.5, 0.6) is 11.5 Å². The number of hydrazone groups is 1. The lowest BCUT2D eigenvalue weighted by atomic mass is 9.94. The molecular weight excluding hydrogens is 428 g/mol. The van der Waals surface area contributed by atoms with Gasteiger partial charge >= 0.3 is 0 Å². The van der Waals surface area contributed by atoms with Gasteiger partial charge in [0.05, 0.1) is 32.5 Å². The second-order valence-corrected chi connectivity index (χ2v) is 9.14. The first-order valence-electron chi connectivity index (χ1n) is 12.1. The molecule has 2 heterocycles. The molecule has 0 unspecified atom stereocenters. The summed E-state index contributed by atoms with van der Waals surface area (Å²) in [5.41, 5.74) is 5.28. The predicted octanol–water partition coefficient (Wildman–Crippen LogP) is 3.64. The minimum atomic E-state index is -0.133. The predicted molar refractivity (Wildman–Crippen MR) is 135 cm³/mol. The number of aryl methyl sites for hydroxylation is 2. The van der Waals surface area contributed by atoms with Crippen LogP contribution >= 0.6 is 0 Å². The highest BCUT2D eigenvalue weighted by Gasteiger charge is 2.35. The zero-order valence-electron chi connectivity index (χ0n) is 21.0. The maximum absolute atomic E-state index is 13.6. The third-order valence-electron chi connectivity index (χ3n) is 6.94. The van der Waals surface area contributed by atoms with Crippen LogP contribution in [0.3, 0.4) is 0 Å². The van der Waals surface area contributed by atoms with Crippen LogP contribution in [0, 0.1) is 13.8 Å². The molecule has 7 nitrogen and oxygen atoms in total. The molecule has 2 aromatic rings. The zero-order chi connectivity index (χ0) is 24.2. The Morgan fingerprint density at radius 2 is 1.74 bits per heavy atom. The van der Waals surface area contributed by atoms with Crippen molar-refractivity contribution >= 4 is 11.6 Å². The fraction of sp³-hybridized carbons (Fsp3) is 0.481. The maximum Gasteiger partial charge on any atom is 0.257 e. The van der Waals surface area contributed by atoms with Gasteiger partial charge in [-0.3, -0.25) is 9.69 Å². The fourth-order valence-corrected chi connectivity index (χ4v) is 4.91. The first kappa shape index (κ1) is 24.2. The number of carbonyl (C=O) groups is 1. The lowest BCUT2D eigenvalue weighted by Gasteiger charge is -2.34. The maximum atomic E-state index is 13.6. The van der Waals surface area contributed by atoms with E-state index in [0.717, 1.165) is 55.3 Å². The molecule has 0 aromatic heterocycles. The van der Waals surface area contributed by atoms with Crippen LogP contribution in [-0.4, -0.2) is 79.9 Å². The molecule has 1 atom stereocenters. The van der Waals surface area contributed by atoms with Crippen molar-refractivity contribution in [2.24, 2.45) is 5.10 Å². The van der Waals surface area contributed by atoms with E-state index in [1.807, 2.05) is 18.2 Å². The van der Waals surface area contributed by atoms with E-state index in [2.05, 4.69) is 48.8 Å². The van der Waals surface area contributed by atoms with Gasteiger partial charge < -0.3 is 14.4 Å². The second-order valence-electron chi connectivity index (χ2n) is 9.14. The Bertz CT molecular complexity index is 1060. The summed E-state index contributed by atoms with van der Waals surface area (Å²) >= 11 is 0. The Hall–Kier alpha value is -2.90. The van der Waals surface area contributed by atoms with E-state index in [9.17, 15) is 4.79 Å². The number of piperazine rings is 1. The van der Waals surface area contributed by atoms with Crippen molar-refractivity contribution in [1.29, 1.82) is 0 Å². The number of hydrogen-bond acceptors (Lipinski definition) is 6. The largest absolute Gasteiger partial charge is 0.497 e. The Kier molecular flexibility index (Phi) is 7.54. The molecule has 182 valence electrons. The third kappa shape index (κ3) is 5.10. The molecule has 34 heavy (non-hydrogen) atoms. The van der Waals surface area contributed by atoms with Crippen LogP contribution in [0.4, 0.5) is 0 Å². The molecular formula is C27H36N4O3. The SMILES string of the molecule is CCN1CCN(CC(=O)N2N=C(c3ccc(OC)cc3OC)C[C@@H]2c2ccc(C)cc2C)CC1. The molecule has 0 bridgehead atoms. The lowest BCUT2D eigenvalue weighted by molar-refractivity contribution is -0.134. The minimum absolute atomic E-state index is 0.0393. The first-order valence-corrected chi connectivity index (χ1v) is 12.1. The molecule has 0 spiro atoms. The number of rotatable bonds is 7. The molecule has 0 radical (unpaired) electrons. The molecule has 2 aromatic carbocycles. The Morgan fingerprint density at radius 3 is 2.38 bits per heavy atom. The summed E-state index contributed by atoms with van der Waals surface area (Å²) in [6, 6.07) is 12.0. The van der Waals surface area contributed by atoms with Crippen molar-refractivity contribution in [2.45, 2.75) is 33.2 Å². The van der Waals surface area contributed by atoms with Crippen LogP contribution in [0.15, 0.2) is 41.5 Å². The van der Waals surface area contributed by atoms with Gasteiger partial charge in [0, 0.05) is 44.2 Å². The number of nitrogens with zero attached hydrogens (tertiary/aromatic N) is 4. The highest BCUT2D eigenvalue weighted by Crippen LogP contribution is 2.37. The van der Waals surface area contributed by atoms with Gasteiger partial charge in [-0.25, -0.2) is 5.01 Å². The highest BCUT2D eigenvalue weighted by molar-refractivity contribution is 6.05. The van der Waals surface area contributed by atoms with Crippen LogP contribution in [-0.2, 0) is 4.79 Å².